The van der Waals surface area contributed by atoms with E-state index in [4.69, 9.17) is 0 Å². The van der Waals surface area contributed by atoms with Crippen molar-refractivity contribution in [2.45, 2.75) is 13.3 Å². The summed E-state index contributed by atoms with van der Waals surface area (Å²) >= 11 is 0. The van der Waals surface area contributed by atoms with Crippen molar-refractivity contribution in [3.8, 4) is 0 Å². The van der Waals surface area contributed by atoms with Crippen molar-refractivity contribution in [1.29, 1.82) is 0 Å². The molecule has 3 aromatic rings. The Morgan fingerprint density at radius 1 is 0.900 bits per heavy atom. The molecule has 1 N–H and O–H groups in total. The van der Waals surface area contributed by atoms with Crippen molar-refractivity contribution in [2.75, 3.05) is 11.9 Å². The summed E-state index contributed by atoms with van der Waals surface area (Å²) < 4.78 is 0. The summed E-state index contributed by atoms with van der Waals surface area (Å²) in [5.41, 5.74) is 4.30. The topological polar surface area (TPSA) is 37.8 Å². The van der Waals surface area contributed by atoms with E-state index < -0.39 is 0 Å². The van der Waals surface area contributed by atoms with Crippen molar-refractivity contribution in [3.05, 3.63) is 65.9 Å². The number of aromatic nitrogens is 2. The molecule has 0 aliphatic heterocycles. The normalized spacial score (nSPS) is 10.7. The predicted molar refractivity (Wildman–Crippen MR) is 82.9 cm³/mol. The largest absolute Gasteiger partial charge is 0.383 e. The van der Waals surface area contributed by atoms with Gasteiger partial charge in [-0.3, -0.25) is 0 Å². The van der Waals surface area contributed by atoms with Crippen LogP contribution in [0.15, 0.2) is 54.6 Å². The van der Waals surface area contributed by atoms with Crippen LogP contribution in [0.25, 0.3) is 10.9 Å². The van der Waals surface area contributed by atoms with Crippen LogP contribution in [0.1, 0.15) is 11.3 Å². The van der Waals surface area contributed by atoms with Gasteiger partial charge in [-0.2, -0.15) is 10.2 Å². The van der Waals surface area contributed by atoms with Gasteiger partial charge in [-0.15, -0.1) is 0 Å². The number of hydrogen-bond acceptors (Lipinski definition) is 3. The second-order valence-electron chi connectivity index (χ2n) is 4.84. The van der Waals surface area contributed by atoms with Gasteiger partial charge >= 0.3 is 0 Å². The van der Waals surface area contributed by atoms with Crippen LogP contribution in [0.2, 0.25) is 0 Å². The highest BCUT2D eigenvalue weighted by molar-refractivity contribution is 5.91. The van der Waals surface area contributed by atoms with Crippen molar-refractivity contribution >= 4 is 16.6 Å². The van der Waals surface area contributed by atoms with Crippen molar-refractivity contribution < 1.29 is 0 Å². The standard InChI is InChI=1S/C17H17N3/c1-13-17(15-9-5-6-10-16(15)20-19-13)18-12-11-14-7-3-2-4-8-14/h2-10H,11-12H2,1H3,(H,18,20). The predicted octanol–water partition coefficient (Wildman–Crippen LogP) is 3.59. The molecular weight excluding hydrogens is 246 g/mol. The molecule has 0 amide bonds. The molecule has 0 saturated carbocycles. The van der Waals surface area contributed by atoms with Gasteiger partial charge in [-0.05, 0) is 25.0 Å². The third-order valence-corrected chi connectivity index (χ3v) is 3.40. The van der Waals surface area contributed by atoms with Gasteiger partial charge in [-0.1, -0.05) is 48.5 Å². The maximum absolute atomic E-state index is 4.22. The first-order valence-corrected chi connectivity index (χ1v) is 6.84. The summed E-state index contributed by atoms with van der Waals surface area (Å²) in [5.74, 6) is 0. The lowest BCUT2D eigenvalue weighted by Gasteiger charge is -2.11. The molecule has 100 valence electrons. The van der Waals surface area contributed by atoms with Crippen molar-refractivity contribution in [2.24, 2.45) is 0 Å². The molecule has 0 bridgehead atoms. The third-order valence-electron chi connectivity index (χ3n) is 3.40. The lowest BCUT2D eigenvalue weighted by Crippen LogP contribution is -2.08. The molecule has 3 rings (SSSR count). The SMILES string of the molecule is Cc1nnc2ccccc2c1NCCc1ccccc1. The summed E-state index contributed by atoms with van der Waals surface area (Å²) in [6.07, 6.45) is 0.997. The zero-order chi connectivity index (χ0) is 13.8. The number of rotatable bonds is 4. The highest BCUT2D eigenvalue weighted by atomic mass is 15.1. The Labute approximate surface area is 118 Å². The van der Waals surface area contributed by atoms with E-state index in [1.165, 1.54) is 5.56 Å². The van der Waals surface area contributed by atoms with E-state index in [0.29, 0.717) is 0 Å². The third kappa shape index (κ3) is 2.62. The number of nitrogens with one attached hydrogen (secondary N) is 1. The van der Waals surface area contributed by atoms with Crippen LogP contribution in [-0.4, -0.2) is 16.7 Å². The smallest absolute Gasteiger partial charge is 0.0950 e. The molecule has 20 heavy (non-hydrogen) atoms. The van der Waals surface area contributed by atoms with E-state index >= 15 is 0 Å². The van der Waals surface area contributed by atoms with Crippen LogP contribution >= 0.6 is 0 Å². The Kier molecular flexibility index (Phi) is 3.59. The van der Waals surface area contributed by atoms with Crippen LogP contribution in [0.5, 0.6) is 0 Å². The summed E-state index contributed by atoms with van der Waals surface area (Å²) in [6, 6.07) is 18.6. The monoisotopic (exact) mass is 263 g/mol. The van der Waals surface area contributed by atoms with Crippen molar-refractivity contribution in [3.63, 3.8) is 0 Å². The number of anilines is 1. The van der Waals surface area contributed by atoms with Gasteiger partial charge in [0, 0.05) is 11.9 Å². The second kappa shape index (κ2) is 5.70. The number of nitrogens with zero attached hydrogens (tertiary/aromatic N) is 2. The van der Waals surface area contributed by atoms with Gasteiger partial charge < -0.3 is 5.32 Å². The first kappa shape index (κ1) is 12.6. The molecule has 2 aromatic carbocycles. The molecule has 1 heterocycles. The Hall–Kier alpha value is -2.42. The fourth-order valence-corrected chi connectivity index (χ4v) is 2.35. The van der Waals surface area contributed by atoms with Gasteiger partial charge in [-0.25, -0.2) is 0 Å². The summed E-state index contributed by atoms with van der Waals surface area (Å²) in [6.45, 7) is 2.88. The molecule has 0 aliphatic carbocycles. The molecule has 0 aliphatic rings. The Bertz CT molecular complexity index is 708. The highest BCUT2D eigenvalue weighted by Gasteiger charge is 2.06. The van der Waals surface area contributed by atoms with Gasteiger partial charge in [0.2, 0.25) is 0 Å². The van der Waals surface area contributed by atoms with Gasteiger partial charge in [0.05, 0.1) is 16.9 Å². The van der Waals surface area contributed by atoms with Gasteiger partial charge in [0.1, 0.15) is 0 Å². The number of hydrogen-bond donors (Lipinski definition) is 1. The zero-order valence-corrected chi connectivity index (χ0v) is 11.5. The average Bonchev–Trinajstić information content (AvgIpc) is 2.50. The van der Waals surface area contributed by atoms with E-state index in [2.05, 4.69) is 45.8 Å². The Morgan fingerprint density at radius 2 is 1.65 bits per heavy atom. The van der Waals surface area contributed by atoms with Crippen LogP contribution in [0, 0.1) is 6.92 Å². The molecule has 0 fully saturated rings. The maximum Gasteiger partial charge on any atom is 0.0950 e. The van der Waals surface area contributed by atoms with Crippen LogP contribution in [0.3, 0.4) is 0 Å². The summed E-state index contributed by atoms with van der Waals surface area (Å²) in [5, 5.41) is 13.1. The van der Waals surface area contributed by atoms with E-state index in [1.54, 1.807) is 0 Å². The first-order valence-electron chi connectivity index (χ1n) is 6.84. The Balaban J connectivity index is 1.79. The fraction of sp³-hybridized carbons (Fsp3) is 0.176. The average molecular weight is 263 g/mol. The van der Waals surface area contributed by atoms with Gasteiger partial charge in [0.15, 0.2) is 0 Å². The highest BCUT2D eigenvalue weighted by Crippen LogP contribution is 2.23. The van der Waals surface area contributed by atoms with Crippen LogP contribution < -0.4 is 5.32 Å². The summed E-state index contributed by atoms with van der Waals surface area (Å²) in [7, 11) is 0. The molecule has 0 radical (unpaired) electrons. The van der Waals surface area contributed by atoms with Gasteiger partial charge in [0.25, 0.3) is 0 Å². The van der Waals surface area contributed by atoms with E-state index in [1.807, 2.05) is 31.2 Å². The van der Waals surface area contributed by atoms with E-state index in [-0.39, 0.29) is 0 Å². The number of aryl methyl sites for hydroxylation is 1. The Morgan fingerprint density at radius 3 is 2.50 bits per heavy atom. The molecule has 0 atom stereocenters. The second-order valence-corrected chi connectivity index (χ2v) is 4.84. The molecule has 0 saturated heterocycles. The molecule has 3 heteroatoms. The number of fused-ring (bicyclic) bond motifs is 1. The lowest BCUT2D eigenvalue weighted by atomic mass is 10.1. The first-order chi connectivity index (χ1) is 9.84. The molecule has 0 unspecified atom stereocenters. The molecule has 0 spiro atoms. The van der Waals surface area contributed by atoms with Crippen LogP contribution in [0.4, 0.5) is 5.69 Å². The fourth-order valence-electron chi connectivity index (χ4n) is 2.35. The minimum atomic E-state index is 0.889. The minimum absolute atomic E-state index is 0.889. The molecule has 3 nitrogen and oxygen atoms in total. The quantitative estimate of drug-likeness (QED) is 0.781. The maximum atomic E-state index is 4.22. The lowest BCUT2D eigenvalue weighted by molar-refractivity contribution is 0.984. The van der Waals surface area contributed by atoms with E-state index in [9.17, 15) is 0 Å². The van der Waals surface area contributed by atoms with E-state index in [0.717, 1.165) is 35.2 Å². The summed E-state index contributed by atoms with van der Waals surface area (Å²) in [4.78, 5) is 0. The molecular formula is C17H17N3. The number of benzene rings is 2. The molecule has 1 aromatic heterocycles. The zero-order valence-electron chi connectivity index (χ0n) is 11.5. The van der Waals surface area contributed by atoms with Crippen LogP contribution in [-0.2, 0) is 6.42 Å². The minimum Gasteiger partial charge on any atom is -0.383 e. The van der Waals surface area contributed by atoms with Crippen molar-refractivity contribution in [1.82, 2.24) is 10.2 Å².